The van der Waals surface area contributed by atoms with Gasteiger partial charge in [0, 0.05) is 23.3 Å². The average molecular weight is 338 g/mol. The fraction of sp³-hybridized carbons (Fsp3) is 0.588. The van der Waals surface area contributed by atoms with Crippen LogP contribution in [0.3, 0.4) is 0 Å². The molecule has 0 spiro atoms. The second kappa shape index (κ2) is 5.45. The standard InChI is InChI=1S/C17H20F2N2OS/c1-9-4-12(9)15-5-10-7-23-16(20)21-17(10,8-22-15)13-3-2-11(18)6-14(13)19/h2-3,6,9-10,12,15H,4-5,7-8H2,1H3,(H2,20,21)/t9-,10+,12-,15-,17+/m1/s1. The number of nitrogens with two attached hydrogens (primary N) is 1. The number of aliphatic imine (C=N–C) groups is 1. The molecule has 1 saturated heterocycles. The molecule has 23 heavy (non-hydrogen) atoms. The Balaban J connectivity index is 1.71. The van der Waals surface area contributed by atoms with E-state index in [1.807, 2.05) is 0 Å². The normalized spacial score (nSPS) is 39.5. The van der Waals surface area contributed by atoms with Crippen molar-refractivity contribution in [3.63, 3.8) is 0 Å². The summed E-state index contributed by atoms with van der Waals surface area (Å²) in [6, 6.07) is 3.70. The zero-order valence-corrected chi connectivity index (χ0v) is 13.8. The number of rotatable bonds is 2. The summed E-state index contributed by atoms with van der Waals surface area (Å²) in [5, 5.41) is 0.451. The summed E-state index contributed by atoms with van der Waals surface area (Å²) >= 11 is 1.52. The smallest absolute Gasteiger partial charge is 0.154 e. The Morgan fingerprint density at radius 2 is 2.13 bits per heavy atom. The first kappa shape index (κ1) is 15.4. The molecule has 4 rings (SSSR count). The molecule has 1 aliphatic carbocycles. The molecule has 0 unspecified atom stereocenters. The van der Waals surface area contributed by atoms with E-state index in [0.717, 1.165) is 18.2 Å². The van der Waals surface area contributed by atoms with Crippen molar-refractivity contribution in [3.05, 3.63) is 35.4 Å². The molecule has 5 atom stereocenters. The third kappa shape index (κ3) is 2.56. The predicted octanol–water partition coefficient (Wildman–Crippen LogP) is 3.28. The van der Waals surface area contributed by atoms with Gasteiger partial charge in [-0.2, -0.15) is 0 Å². The lowest BCUT2D eigenvalue weighted by Gasteiger charge is -2.46. The summed E-state index contributed by atoms with van der Waals surface area (Å²) in [6.07, 6.45) is 2.28. The van der Waals surface area contributed by atoms with Crippen molar-refractivity contribution in [2.45, 2.75) is 31.4 Å². The maximum absolute atomic E-state index is 14.4. The van der Waals surface area contributed by atoms with Gasteiger partial charge in [-0.1, -0.05) is 24.8 Å². The van der Waals surface area contributed by atoms with E-state index < -0.39 is 17.2 Å². The Kier molecular flexibility index (Phi) is 3.65. The van der Waals surface area contributed by atoms with E-state index in [9.17, 15) is 8.78 Å². The second-order valence-corrected chi connectivity index (χ2v) is 8.01. The molecule has 1 aromatic carbocycles. The highest BCUT2D eigenvalue weighted by molar-refractivity contribution is 8.13. The van der Waals surface area contributed by atoms with Crippen LogP contribution < -0.4 is 5.73 Å². The van der Waals surface area contributed by atoms with Crippen LogP contribution in [0.2, 0.25) is 0 Å². The minimum atomic E-state index is -0.818. The average Bonchev–Trinajstić information content (AvgIpc) is 3.23. The van der Waals surface area contributed by atoms with Crippen LogP contribution in [0.15, 0.2) is 23.2 Å². The molecule has 0 radical (unpaired) electrons. The van der Waals surface area contributed by atoms with Crippen molar-refractivity contribution in [3.8, 4) is 0 Å². The molecule has 3 aliphatic rings. The van der Waals surface area contributed by atoms with Gasteiger partial charge in [-0.05, 0) is 30.7 Å². The number of ether oxygens (including phenoxy) is 1. The monoisotopic (exact) mass is 338 g/mol. The fourth-order valence-corrected chi connectivity index (χ4v) is 5.02. The molecule has 124 valence electrons. The number of hydrogen-bond acceptors (Lipinski definition) is 4. The highest BCUT2D eigenvalue weighted by atomic mass is 32.2. The Morgan fingerprint density at radius 3 is 2.83 bits per heavy atom. The Hall–Kier alpha value is -1.14. The number of benzene rings is 1. The zero-order chi connectivity index (χ0) is 16.2. The third-order valence-electron chi connectivity index (χ3n) is 5.50. The molecule has 3 nitrogen and oxygen atoms in total. The van der Waals surface area contributed by atoms with E-state index in [4.69, 9.17) is 10.5 Å². The molecule has 6 heteroatoms. The SMILES string of the molecule is C[C@@H]1C[C@H]1[C@H]1C[C@H]2CSC(N)=N[C@@]2(c2ccc(F)cc2F)CO1. The lowest BCUT2D eigenvalue weighted by Crippen LogP contribution is -2.51. The van der Waals surface area contributed by atoms with Gasteiger partial charge >= 0.3 is 0 Å². The summed E-state index contributed by atoms with van der Waals surface area (Å²) in [5.41, 5.74) is 5.51. The summed E-state index contributed by atoms with van der Waals surface area (Å²) in [7, 11) is 0. The highest BCUT2D eigenvalue weighted by Gasteiger charge is 2.53. The van der Waals surface area contributed by atoms with Crippen molar-refractivity contribution < 1.29 is 13.5 Å². The van der Waals surface area contributed by atoms with Gasteiger partial charge in [0.25, 0.3) is 0 Å². The lowest BCUT2D eigenvalue weighted by molar-refractivity contribution is -0.0682. The van der Waals surface area contributed by atoms with Crippen LogP contribution in [0.25, 0.3) is 0 Å². The highest BCUT2D eigenvalue weighted by Crippen LogP contribution is 2.52. The largest absolute Gasteiger partial charge is 0.379 e. The first-order valence-electron chi connectivity index (χ1n) is 8.05. The molecule has 0 amide bonds. The lowest BCUT2D eigenvalue weighted by atomic mass is 9.74. The molecule has 2 N–H and O–H groups in total. The topological polar surface area (TPSA) is 47.6 Å². The van der Waals surface area contributed by atoms with Gasteiger partial charge in [-0.3, -0.25) is 0 Å². The van der Waals surface area contributed by atoms with E-state index in [2.05, 4.69) is 11.9 Å². The van der Waals surface area contributed by atoms with Crippen LogP contribution in [0, 0.1) is 29.4 Å². The van der Waals surface area contributed by atoms with Gasteiger partial charge in [0.05, 0.1) is 12.7 Å². The Morgan fingerprint density at radius 1 is 1.35 bits per heavy atom. The van der Waals surface area contributed by atoms with Crippen molar-refractivity contribution in [2.24, 2.45) is 28.5 Å². The van der Waals surface area contributed by atoms with Gasteiger partial charge in [0.1, 0.15) is 17.2 Å². The Bertz CT molecular complexity index is 668. The van der Waals surface area contributed by atoms with Gasteiger partial charge in [-0.15, -0.1) is 0 Å². The maximum atomic E-state index is 14.4. The first-order valence-corrected chi connectivity index (χ1v) is 9.03. The number of amidine groups is 1. The van der Waals surface area contributed by atoms with E-state index in [1.165, 1.54) is 30.3 Å². The van der Waals surface area contributed by atoms with Crippen molar-refractivity contribution in [1.82, 2.24) is 0 Å². The zero-order valence-electron chi connectivity index (χ0n) is 13.0. The molecule has 1 saturated carbocycles. The molecular weight excluding hydrogens is 318 g/mol. The number of fused-ring (bicyclic) bond motifs is 1. The summed E-state index contributed by atoms with van der Waals surface area (Å²) < 4.78 is 33.8. The number of thioether (sulfide) groups is 1. The molecule has 2 fully saturated rings. The van der Waals surface area contributed by atoms with Gasteiger partial charge in [0.15, 0.2) is 5.17 Å². The van der Waals surface area contributed by atoms with Crippen molar-refractivity contribution >= 4 is 16.9 Å². The minimum Gasteiger partial charge on any atom is -0.379 e. The Labute approximate surface area is 138 Å². The number of nitrogens with zero attached hydrogens (tertiary/aromatic N) is 1. The summed E-state index contributed by atoms with van der Waals surface area (Å²) in [6.45, 7) is 2.55. The van der Waals surface area contributed by atoms with Gasteiger partial charge in [0.2, 0.25) is 0 Å². The maximum Gasteiger partial charge on any atom is 0.154 e. The molecule has 0 aromatic heterocycles. The van der Waals surface area contributed by atoms with Gasteiger partial charge < -0.3 is 10.5 Å². The van der Waals surface area contributed by atoms with E-state index in [0.29, 0.717) is 29.2 Å². The van der Waals surface area contributed by atoms with E-state index in [1.54, 1.807) is 0 Å². The molecule has 0 bridgehead atoms. The predicted molar refractivity (Wildman–Crippen MR) is 87.2 cm³/mol. The van der Waals surface area contributed by atoms with Gasteiger partial charge in [-0.25, -0.2) is 13.8 Å². The second-order valence-electron chi connectivity index (χ2n) is 6.97. The molecule has 2 heterocycles. The fourth-order valence-electron chi connectivity index (χ4n) is 4.01. The van der Waals surface area contributed by atoms with Crippen molar-refractivity contribution in [1.29, 1.82) is 0 Å². The van der Waals surface area contributed by atoms with E-state index >= 15 is 0 Å². The summed E-state index contributed by atoms with van der Waals surface area (Å²) in [5.74, 6) is 1.13. The first-order chi connectivity index (χ1) is 11.0. The van der Waals surface area contributed by atoms with Crippen LogP contribution in [0.4, 0.5) is 8.78 Å². The number of halogens is 2. The van der Waals surface area contributed by atoms with Crippen LogP contribution in [-0.4, -0.2) is 23.6 Å². The van der Waals surface area contributed by atoms with Crippen molar-refractivity contribution in [2.75, 3.05) is 12.4 Å². The van der Waals surface area contributed by atoms with Crippen LogP contribution in [0.1, 0.15) is 25.3 Å². The van der Waals surface area contributed by atoms with Crippen LogP contribution in [0.5, 0.6) is 0 Å². The number of hydrogen-bond donors (Lipinski definition) is 1. The minimum absolute atomic E-state index is 0.159. The quantitative estimate of drug-likeness (QED) is 0.900. The summed E-state index contributed by atoms with van der Waals surface area (Å²) in [4.78, 5) is 4.60. The molecule has 2 aliphatic heterocycles. The molecular formula is C17H20F2N2OS. The third-order valence-corrected chi connectivity index (χ3v) is 6.45. The molecule has 1 aromatic rings. The van der Waals surface area contributed by atoms with E-state index in [-0.39, 0.29) is 12.0 Å². The van der Waals surface area contributed by atoms with Crippen LogP contribution >= 0.6 is 11.8 Å². The van der Waals surface area contributed by atoms with Crippen LogP contribution in [-0.2, 0) is 10.3 Å².